The van der Waals surface area contributed by atoms with Crippen molar-refractivity contribution in [2.75, 3.05) is 18.1 Å². The second kappa shape index (κ2) is 10.2. The molecule has 0 aliphatic carbocycles. The van der Waals surface area contributed by atoms with Crippen LogP contribution in [-0.2, 0) is 35.1 Å². The molecule has 1 aliphatic heterocycles. The highest BCUT2D eigenvalue weighted by molar-refractivity contribution is 6.10. The fourth-order valence-corrected chi connectivity index (χ4v) is 4.03. The Balaban J connectivity index is 1.41. The summed E-state index contributed by atoms with van der Waals surface area (Å²) in [6.45, 7) is 2.67. The summed E-state index contributed by atoms with van der Waals surface area (Å²) in [7, 11) is 0. The lowest BCUT2D eigenvalue weighted by Crippen LogP contribution is -2.23. The van der Waals surface area contributed by atoms with Crippen molar-refractivity contribution in [3.8, 4) is 5.75 Å². The van der Waals surface area contributed by atoms with Crippen molar-refractivity contribution >= 4 is 17.6 Å². The number of fused-ring (bicyclic) bond motifs is 1. The van der Waals surface area contributed by atoms with Gasteiger partial charge in [-0.2, -0.15) is 13.2 Å². The number of hydrogen-bond donors (Lipinski definition) is 0. The minimum absolute atomic E-state index is 0.205. The molecule has 8 heteroatoms. The highest BCUT2D eigenvalue weighted by Gasteiger charge is 2.33. The Morgan fingerprint density at radius 2 is 1.71 bits per heavy atom. The van der Waals surface area contributed by atoms with Gasteiger partial charge in [0.25, 0.3) is 5.91 Å². The Bertz CT molecular complexity index is 1220. The van der Waals surface area contributed by atoms with Gasteiger partial charge < -0.3 is 14.4 Å². The van der Waals surface area contributed by atoms with Gasteiger partial charge in [-0.05, 0) is 54.4 Å². The topological polar surface area (TPSA) is 55.8 Å². The Hall–Kier alpha value is -3.81. The van der Waals surface area contributed by atoms with E-state index in [1.54, 1.807) is 25.1 Å². The lowest BCUT2D eigenvalue weighted by Gasteiger charge is -2.17. The molecule has 4 rings (SSSR count). The molecule has 3 aromatic rings. The molecule has 0 saturated heterocycles. The van der Waals surface area contributed by atoms with Crippen molar-refractivity contribution < 1.29 is 32.2 Å². The average molecular weight is 483 g/mol. The number of rotatable bonds is 8. The third-order valence-electron chi connectivity index (χ3n) is 5.72. The normalized spacial score (nSPS) is 13.0. The molecule has 182 valence electrons. The molecule has 0 atom stereocenters. The van der Waals surface area contributed by atoms with Crippen LogP contribution < -0.4 is 9.64 Å². The van der Waals surface area contributed by atoms with Crippen LogP contribution in [0.4, 0.5) is 18.9 Å². The number of anilines is 1. The lowest BCUT2D eigenvalue weighted by atomic mass is 10.1. The molecule has 1 amide bonds. The highest BCUT2D eigenvalue weighted by atomic mass is 19.4. The zero-order valence-electron chi connectivity index (χ0n) is 19.1. The molecule has 0 unspecified atom stereocenters. The average Bonchev–Trinajstić information content (AvgIpc) is 3.16. The monoisotopic (exact) mass is 483 g/mol. The summed E-state index contributed by atoms with van der Waals surface area (Å²) in [5.74, 6) is 0.00725. The van der Waals surface area contributed by atoms with Crippen LogP contribution in [0.2, 0.25) is 0 Å². The number of carbonyl (C=O) groups is 2. The third-order valence-corrected chi connectivity index (χ3v) is 5.72. The predicted molar refractivity (Wildman–Crippen MR) is 124 cm³/mol. The van der Waals surface area contributed by atoms with Crippen LogP contribution in [0, 0.1) is 0 Å². The van der Waals surface area contributed by atoms with E-state index in [0.29, 0.717) is 42.2 Å². The molecule has 0 aromatic heterocycles. The minimum atomic E-state index is -4.43. The first-order valence-electron chi connectivity index (χ1n) is 11.2. The SMILES string of the molecule is CCOC(=O)Cc1cccc(CCOc2cccc3c2CN(c2ccc(C(F)(F)F)cc2)C3=O)c1. The number of benzene rings is 3. The first-order valence-corrected chi connectivity index (χ1v) is 11.2. The number of halogens is 3. The van der Waals surface area contributed by atoms with Gasteiger partial charge >= 0.3 is 12.1 Å². The molecule has 0 N–H and O–H groups in total. The zero-order valence-corrected chi connectivity index (χ0v) is 19.1. The summed E-state index contributed by atoms with van der Waals surface area (Å²) >= 11 is 0. The Morgan fingerprint density at radius 3 is 2.43 bits per heavy atom. The quantitative estimate of drug-likeness (QED) is 0.392. The van der Waals surface area contributed by atoms with E-state index in [4.69, 9.17) is 9.47 Å². The van der Waals surface area contributed by atoms with Crippen LogP contribution in [0.25, 0.3) is 0 Å². The molecule has 1 aliphatic rings. The van der Waals surface area contributed by atoms with E-state index >= 15 is 0 Å². The molecule has 1 heterocycles. The fraction of sp³-hybridized carbons (Fsp3) is 0.259. The van der Waals surface area contributed by atoms with Gasteiger partial charge in [-0.1, -0.05) is 30.3 Å². The molecule has 0 fully saturated rings. The zero-order chi connectivity index (χ0) is 25.0. The molecule has 0 bridgehead atoms. The summed E-state index contributed by atoms with van der Waals surface area (Å²) in [5.41, 5.74) is 2.66. The molecule has 3 aromatic carbocycles. The van der Waals surface area contributed by atoms with Gasteiger partial charge in [-0.25, -0.2) is 0 Å². The number of ether oxygens (including phenoxy) is 2. The van der Waals surface area contributed by atoms with E-state index in [-0.39, 0.29) is 24.8 Å². The van der Waals surface area contributed by atoms with Crippen LogP contribution in [0.5, 0.6) is 5.75 Å². The minimum Gasteiger partial charge on any atom is -0.493 e. The first kappa shape index (κ1) is 24.3. The van der Waals surface area contributed by atoms with Crippen molar-refractivity contribution in [3.05, 3.63) is 94.5 Å². The fourth-order valence-electron chi connectivity index (χ4n) is 4.03. The van der Waals surface area contributed by atoms with Crippen LogP contribution in [0.3, 0.4) is 0 Å². The van der Waals surface area contributed by atoms with Gasteiger partial charge in [-0.3, -0.25) is 9.59 Å². The van der Waals surface area contributed by atoms with Crippen molar-refractivity contribution in [2.24, 2.45) is 0 Å². The van der Waals surface area contributed by atoms with E-state index in [1.165, 1.54) is 17.0 Å². The Labute approximate surface area is 201 Å². The second-order valence-corrected chi connectivity index (χ2v) is 8.12. The Morgan fingerprint density at radius 1 is 1.00 bits per heavy atom. The number of nitrogens with zero attached hydrogens (tertiary/aromatic N) is 1. The summed E-state index contributed by atoms with van der Waals surface area (Å²) < 4.78 is 49.6. The number of hydrogen-bond acceptors (Lipinski definition) is 4. The van der Waals surface area contributed by atoms with Gasteiger partial charge in [-0.15, -0.1) is 0 Å². The number of amides is 1. The highest BCUT2D eigenvalue weighted by Crippen LogP contribution is 2.36. The summed E-state index contributed by atoms with van der Waals surface area (Å²) in [6.07, 6.45) is -3.64. The van der Waals surface area contributed by atoms with Crippen molar-refractivity contribution in [2.45, 2.75) is 32.5 Å². The van der Waals surface area contributed by atoms with Gasteiger partial charge in [0.1, 0.15) is 5.75 Å². The van der Waals surface area contributed by atoms with Gasteiger partial charge in [0.05, 0.1) is 31.7 Å². The number of carbonyl (C=O) groups excluding carboxylic acids is 2. The van der Waals surface area contributed by atoms with Crippen LogP contribution in [-0.4, -0.2) is 25.1 Å². The second-order valence-electron chi connectivity index (χ2n) is 8.12. The standard InChI is InChI=1S/C27H24F3NO4/c1-2-34-25(32)16-19-6-3-5-18(15-19)13-14-35-24-8-4-7-22-23(24)17-31(26(22)33)21-11-9-20(10-12-21)27(28,29)30/h3-12,15H,2,13-14,16-17H2,1H3. The van der Waals surface area contributed by atoms with Crippen molar-refractivity contribution in [3.63, 3.8) is 0 Å². The van der Waals surface area contributed by atoms with Crippen molar-refractivity contribution in [1.82, 2.24) is 0 Å². The smallest absolute Gasteiger partial charge is 0.416 e. The molecular formula is C27H24F3NO4. The maximum Gasteiger partial charge on any atom is 0.416 e. The molecule has 0 radical (unpaired) electrons. The van der Waals surface area contributed by atoms with Crippen LogP contribution in [0.1, 0.15) is 39.5 Å². The number of alkyl halides is 3. The molecule has 0 saturated carbocycles. The first-order chi connectivity index (χ1) is 16.8. The van der Waals surface area contributed by atoms with E-state index < -0.39 is 11.7 Å². The molecule has 35 heavy (non-hydrogen) atoms. The predicted octanol–water partition coefficient (Wildman–Crippen LogP) is 5.59. The van der Waals surface area contributed by atoms with Gasteiger partial charge in [0.15, 0.2) is 0 Å². The van der Waals surface area contributed by atoms with Crippen LogP contribution in [0.15, 0.2) is 66.7 Å². The Kier molecular flexibility index (Phi) is 7.10. The molecule has 5 nitrogen and oxygen atoms in total. The van der Waals surface area contributed by atoms with E-state index in [0.717, 1.165) is 23.3 Å². The summed E-state index contributed by atoms with van der Waals surface area (Å²) in [6, 6.07) is 17.4. The van der Waals surface area contributed by atoms with Crippen LogP contribution >= 0.6 is 0 Å². The third kappa shape index (κ3) is 5.65. The van der Waals surface area contributed by atoms with E-state index in [9.17, 15) is 22.8 Å². The maximum atomic E-state index is 12.9. The molecular weight excluding hydrogens is 459 g/mol. The van der Waals surface area contributed by atoms with Gasteiger partial charge in [0, 0.05) is 23.2 Å². The number of esters is 1. The molecule has 0 spiro atoms. The maximum absolute atomic E-state index is 12.9. The lowest BCUT2D eigenvalue weighted by molar-refractivity contribution is -0.142. The van der Waals surface area contributed by atoms with Gasteiger partial charge in [0.2, 0.25) is 0 Å². The summed E-state index contributed by atoms with van der Waals surface area (Å²) in [4.78, 5) is 26.1. The van der Waals surface area contributed by atoms with E-state index in [1.807, 2.05) is 24.3 Å². The van der Waals surface area contributed by atoms with Crippen molar-refractivity contribution in [1.29, 1.82) is 0 Å². The largest absolute Gasteiger partial charge is 0.493 e. The summed E-state index contributed by atoms with van der Waals surface area (Å²) in [5, 5.41) is 0. The van der Waals surface area contributed by atoms with E-state index in [2.05, 4.69) is 0 Å².